The van der Waals surface area contributed by atoms with Crippen molar-refractivity contribution in [3.63, 3.8) is 0 Å². The number of halogens is 2. The number of aromatic nitrogens is 1. The summed E-state index contributed by atoms with van der Waals surface area (Å²) in [5.74, 6) is 0.434. The van der Waals surface area contributed by atoms with Crippen molar-refractivity contribution in [2.45, 2.75) is 18.8 Å². The number of carbonyl (C=O) groups is 1. The van der Waals surface area contributed by atoms with Gasteiger partial charge in [-0.25, -0.2) is 4.98 Å². The molecule has 0 N–H and O–H groups in total. The molecule has 3 nitrogen and oxygen atoms in total. The van der Waals surface area contributed by atoms with Gasteiger partial charge in [0.1, 0.15) is 4.88 Å². The minimum absolute atomic E-state index is 0.0186. The Kier molecular flexibility index (Phi) is 4.79. The van der Waals surface area contributed by atoms with Crippen molar-refractivity contribution < 1.29 is 4.79 Å². The Balaban J connectivity index is 1.34. The van der Waals surface area contributed by atoms with Gasteiger partial charge in [0.25, 0.3) is 5.91 Å². The lowest BCUT2D eigenvalue weighted by Gasteiger charge is -2.30. The summed E-state index contributed by atoms with van der Waals surface area (Å²) in [5, 5.41) is 3.27. The highest BCUT2D eigenvalue weighted by molar-refractivity contribution is 7.21. The van der Waals surface area contributed by atoms with Gasteiger partial charge in [0.15, 0.2) is 0 Å². The molecule has 4 aromatic rings. The summed E-state index contributed by atoms with van der Waals surface area (Å²) in [5.41, 5.74) is 1.07. The van der Waals surface area contributed by atoms with Crippen molar-refractivity contribution in [3.8, 4) is 0 Å². The zero-order valence-corrected chi connectivity index (χ0v) is 18.0. The van der Waals surface area contributed by atoms with Gasteiger partial charge < -0.3 is 4.90 Å². The molecule has 1 fully saturated rings. The first-order valence-corrected chi connectivity index (χ1v) is 11.5. The fraction of sp³-hybridized carbons (Fsp3) is 0.238. The lowest BCUT2D eigenvalue weighted by molar-refractivity contribution is 0.0718. The number of hydrogen-bond donors (Lipinski definition) is 0. The second kappa shape index (κ2) is 7.30. The maximum absolute atomic E-state index is 13.1. The van der Waals surface area contributed by atoms with Crippen LogP contribution in [0.15, 0.2) is 42.5 Å². The molecule has 1 aliphatic rings. The molecular formula is C21H16Cl2N2OS2. The standard InChI is InChI=1S/C21H16Cl2N2OS2/c22-13-5-6-14-17(11-13)27-19(18(14)23)21(26)25-9-7-12(8-10-25)20-24-15-3-1-2-4-16(15)28-20/h1-6,11-12H,7-10H2. The fourth-order valence-corrected chi connectivity index (χ4v) is 6.61. The van der Waals surface area contributed by atoms with Crippen LogP contribution < -0.4 is 0 Å². The normalized spacial score (nSPS) is 15.6. The number of fused-ring (bicyclic) bond motifs is 2. The highest BCUT2D eigenvalue weighted by atomic mass is 35.5. The van der Waals surface area contributed by atoms with Gasteiger partial charge >= 0.3 is 0 Å². The molecule has 5 rings (SSSR count). The smallest absolute Gasteiger partial charge is 0.265 e. The van der Waals surface area contributed by atoms with Gasteiger partial charge in [0, 0.05) is 34.1 Å². The van der Waals surface area contributed by atoms with Gasteiger partial charge in [0.05, 0.1) is 20.2 Å². The highest BCUT2D eigenvalue weighted by Crippen LogP contribution is 2.39. The van der Waals surface area contributed by atoms with Gasteiger partial charge in [-0.1, -0.05) is 41.4 Å². The third-order valence-electron chi connectivity index (χ3n) is 5.23. The number of amides is 1. The lowest BCUT2D eigenvalue weighted by atomic mass is 9.97. The van der Waals surface area contributed by atoms with Crippen molar-refractivity contribution >= 4 is 72.1 Å². The predicted octanol–water partition coefficient (Wildman–Crippen LogP) is 6.84. The largest absolute Gasteiger partial charge is 0.338 e. The molecule has 1 amide bonds. The predicted molar refractivity (Wildman–Crippen MR) is 119 cm³/mol. The number of thiophene rings is 1. The van der Waals surface area contributed by atoms with Crippen molar-refractivity contribution in [1.29, 1.82) is 0 Å². The zero-order chi connectivity index (χ0) is 19.3. The molecule has 7 heteroatoms. The first-order chi connectivity index (χ1) is 13.6. The summed E-state index contributed by atoms with van der Waals surface area (Å²) in [7, 11) is 0. The SMILES string of the molecule is O=C(c1sc2cc(Cl)ccc2c1Cl)N1CCC(c2nc3ccccc3s2)CC1. The first kappa shape index (κ1) is 18.4. The molecule has 3 heterocycles. The number of piperidine rings is 1. The molecule has 2 aromatic carbocycles. The minimum atomic E-state index is 0.0186. The molecule has 0 saturated carbocycles. The van der Waals surface area contributed by atoms with Crippen LogP contribution in [0.25, 0.3) is 20.3 Å². The average Bonchev–Trinajstić information content (AvgIpc) is 3.28. The molecule has 142 valence electrons. The van der Waals surface area contributed by atoms with Crippen LogP contribution in [0.2, 0.25) is 10.0 Å². The number of carbonyl (C=O) groups excluding carboxylic acids is 1. The monoisotopic (exact) mass is 446 g/mol. The molecular weight excluding hydrogens is 431 g/mol. The van der Waals surface area contributed by atoms with Crippen molar-refractivity contribution in [1.82, 2.24) is 9.88 Å². The van der Waals surface area contributed by atoms with Crippen LogP contribution in [-0.4, -0.2) is 28.9 Å². The molecule has 0 spiro atoms. The number of thiazole rings is 1. The van der Waals surface area contributed by atoms with E-state index in [4.69, 9.17) is 28.2 Å². The molecule has 0 unspecified atom stereocenters. The molecule has 0 aliphatic carbocycles. The quantitative estimate of drug-likeness (QED) is 0.337. The van der Waals surface area contributed by atoms with Crippen LogP contribution in [-0.2, 0) is 0 Å². The summed E-state index contributed by atoms with van der Waals surface area (Å²) >= 11 is 15.8. The van der Waals surface area contributed by atoms with Crippen molar-refractivity contribution in [2.24, 2.45) is 0 Å². The van der Waals surface area contributed by atoms with Gasteiger partial charge in [-0.2, -0.15) is 0 Å². The average molecular weight is 447 g/mol. The van der Waals surface area contributed by atoms with Crippen molar-refractivity contribution in [3.05, 3.63) is 62.4 Å². The van der Waals surface area contributed by atoms with E-state index in [-0.39, 0.29) is 5.91 Å². The Hall–Kier alpha value is -1.66. The van der Waals surface area contributed by atoms with E-state index in [2.05, 4.69) is 12.1 Å². The van der Waals surface area contributed by atoms with Crippen LogP contribution in [0, 0.1) is 0 Å². The molecule has 2 aromatic heterocycles. The zero-order valence-electron chi connectivity index (χ0n) is 14.8. The van der Waals surface area contributed by atoms with E-state index in [1.807, 2.05) is 29.2 Å². The Morgan fingerprint density at radius 3 is 2.61 bits per heavy atom. The Morgan fingerprint density at radius 2 is 1.82 bits per heavy atom. The minimum Gasteiger partial charge on any atom is -0.338 e. The first-order valence-electron chi connectivity index (χ1n) is 9.12. The van der Waals surface area contributed by atoms with E-state index in [9.17, 15) is 4.79 Å². The van der Waals surface area contributed by atoms with Gasteiger partial charge in [0.2, 0.25) is 0 Å². The van der Waals surface area contributed by atoms with E-state index in [0.717, 1.165) is 41.5 Å². The van der Waals surface area contributed by atoms with E-state index in [0.29, 0.717) is 20.8 Å². The van der Waals surface area contributed by atoms with Crippen LogP contribution in [0.4, 0.5) is 0 Å². The van der Waals surface area contributed by atoms with Gasteiger partial charge in [-0.05, 0) is 37.1 Å². The third kappa shape index (κ3) is 3.20. The number of nitrogens with zero attached hydrogens (tertiary/aromatic N) is 2. The fourth-order valence-electron chi connectivity index (χ4n) is 3.71. The van der Waals surface area contributed by atoms with E-state index < -0.39 is 0 Å². The molecule has 0 bridgehead atoms. The second-order valence-electron chi connectivity index (χ2n) is 6.97. The Bertz CT molecular complexity index is 1160. The Labute approximate surface area is 180 Å². The van der Waals surface area contributed by atoms with Crippen molar-refractivity contribution in [2.75, 3.05) is 13.1 Å². The summed E-state index contributed by atoms with van der Waals surface area (Å²) in [6.45, 7) is 1.45. The molecule has 28 heavy (non-hydrogen) atoms. The summed E-state index contributed by atoms with van der Waals surface area (Å²) in [4.78, 5) is 20.4. The number of likely N-dealkylation sites (tertiary alicyclic amines) is 1. The summed E-state index contributed by atoms with van der Waals surface area (Å²) in [6.07, 6.45) is 1.86. The lowest BCUT2D eigenvalue weighted by Crippen LogP contribution is -2.37. The Morgan fingerprint density at radius 1 is 1.04 bits per heavy atom. The van der Waals surface area contributed by atoms with Gasteiger partial charge in [-0.15, -0.1) is 22.7 Å². The summed E-state index contributed by atoms with van der Waals surface area (Å²) < 4.78 is 2.18. The maximum Gasteiger partial charge on any atom is 0.265 e. The van der Waals surface area contributed by atoms with E-state index in [1.54, 1.807) is 17.4 Å². The highest BCUT2D eigenvalue weighted by Gasteiger charge is 2.29. The molecule has 1 aliphatic heterocycles. The maximum atomic E-state index is 13.1. The van der Waals surface area contributed by atoms with Gasteiger partial charge in [-0.3, -0.25) is 4.79 Å². The number of hydrogen-bond acceptors (Lipinski definition) is 4. The molecule has 1 saturated heterocycles. The van der Waals surface area contributed by atoms with E-state index in [1.165, 1.54) is 21.0 Å². The van der Waals surface area contributed by atoms with Crippen LogP contribution in [0.5, 0.6) is 0 Å². The van der Waals surface area contributed by atoms with E-state index >= 15 is 0 Å². The second-order valence-corrected chi connectivity index (χ2v) is 9.90. The number of rotatable bonds is 2. The molecule has 0 atom stereocenters. The van der Waals surface area contributed by atoms with Crippen LogP contribution in [0.1, 0.15) is 33.4 Å². The topological polar surface area (TPSA) is 33.2 Å². The molecule has 0 radical (unpaired) electrons. The third-order valence-corrected chi connectivity index (χ3v) is 8.31. The van der Waals surface area contributed by atoms with Crippen LogP contribution >= 0.6 is 45.9 Å². The number of para-hydroxylation sites is 1. The number of benzene rings is 2. The van der Waals surface area contributed by atoms with Crippen LogP contribution in [0.3, 0.4) is 0 Å². The summed E-state index contributed by atoms with van der Waals surface area (Å²) in [6, 6.07) is 13.8.